The molecule has 3 aliphatic carbocycles. The van der Waals surface area contributed by atoms with Crippen LogP contribution in [-0.4, -0.2) is 90.3 Å². The zero-order valence-electron chi connectivity index (χ0n) is 62.9. The monoisotopic (exact) mass is 1500 g/mol. The van der Waals surface area contributed by atoms with E-state index in [1.165, 1.54) is 62.7 Å². The summed E-state index contributed by atoms with van der Waals surface area (Å²) >= 11 is 6.08. The molecule has 11 aromatic rings. The van der Waals surface area contributed by atoms with Crippen LogP contribution in [0.4, 0.5) is 28.8 Å². The van der Waals surface area contributed by atoms with Gasteiger partial charge in [-0.25, -0.2) is 24.7 Å². The molecule has 6 aromatic carbocycles. The second kappa shape index (κ2) is 31.2. The summed E-state index contributed by atoms with van der Waals surface area (Å²) in [4.78, 5) is 71.7. The fourth-order valence-electron chi connectivity index (χ4n) is 15.8. The van der Waals surface area contributed by atoms with E-state index < -0.39 is 32.3 Å². The largest absolute Gasteiger partial charge is 0.494 e. The van der Waals surface area contributed by atoms with Crippen molar-refractivity contribution < 1.29 is 47.1 Å². The summed E-state index contributed by atoms with van der Waals surface area (Å²) in [6.45, 7) is 17.9. The molecule has 0 saturated heterocycles. The predicted octanol–water partition coefficient (Wildman–Crippen LogP) is 14.5. The van der Waals surface area contributed by atoms with E-state index in [1.807, 2.05) is 92.4 Å². The Kier molecular flexibility index (Phi) is 22.2. The van der Waals surface area contributed by atoms with E-state index in [0.717, 1.165) is 96.0 Å². The van der Waals surface area contributed by atoms with Gasteiger partial charge in [-0.15, -0.1) is 11.6 Å². The third-order valence-corrected chi connectivity index (χ3v) is 21.0. The molecule has 562 valence electrons. The van der Waals surface area contributed by atoms with Gasteiger partial charge in [0.25, 0.3) is 10.1 Å². The molecule has 8 heterocycles. The number of carbonyl (C=O) groups excluding carboxylic acids is 4. The number of nitrogen functional groups attached to an aromatic ring is 1. The van der Waals surface area contributed by atoms with Gasteiger partial charge in [0.2, 0.25) is 23.6 Å². The van der Waals surface area contributed by atoms with Crippen LogP contribution in [0, 0.1) is 13.8 Å². The topological polar surface area (TPSA) is 285 Å². The van der Waals surface area contributed by atoms with E-state index in [4.69, 9.17) is 26.6 Å². The minimum atomic E-state index is -3.67. The van der Waals surface area contributed by atoms with Gasteiger partial charge in [0, 0.05) is 88.3 Å². The second-order valence-electron chi connectivity index (χ2n) is 30.6. The molecule has 0 saturated carbocycles. The third-order valence-electron chi connectivity index (χ3n) is 20.7. The lowest BCUT2D eigenvalue weighted by molar-refractivity contribution is -0.124. The van der Waals surface area contributed by atoms with Gasteiger partial charge in [-0.1, -0.05) is 139 Å². The number of rotatable bonds is 8. The molecule has 3 atom stereocenters. The van der Waals surface area contributed by atoms with Crippen LogP contribution in [0.25, 0.3) is 11.0 Å². The zero-order chi connectivity index (χ0) is 78.0. The lowest BCUT2D eigenvalue weighted by Crippen LogP contribution is -2.49. The quantitative estimate of drug-likeness (QED) is 0.0357. The average Bonchev–Trinajstić information content (AvgIpc) is 1.55. The molecule has 0 radical (unpaired) electrons. The molecular formula is C87H91ClN10O10S. The number of ether oxygens (including phenoxy) is 1. The minimum Gasteiger partial charge on any atom is -0.494 e. The molecule has 5 aromatic heterocycles. The first-order valence-corrected chi connectivity index (χ1v) is 38.5. The lowest BCUT2D eigenvalue weighted by Gasteiger charge is -2.33. The number of aliphatic hydroxyl groups excluding tert-OH is 1. The summed E-state index contributed by atoms with van der Waals surface area (Å²) in [6, 6.07) is 61.3. The molecule has 22 heteroatoms. The second-order valence-corrected chi connectivity index (χ2v) is 32.4. The van der Waals surface area contributed by atoms with E-state index in [1.54, 1.807) is 41.5 Å². The highest BCUT2D eigenvalue weighted by atomic mass is 35.5. The van der Waals surface area contributed by atoms with Crippen LogP contribution < -0.4 is 26.2 Å². The number of pyridine rings is 4. The van der Waals surface area contributed by atoms with Gasteiger partial charge in [-0.05, 0) is 204 Å². The van der Waals surface area contributed by atoms with E-state index in [0.29, 0.717) is 35.4 Å². The number of hydrogen-bond acceptors (Lipinski definition) is 15. The predicted molar refractivity (Wildman–Crippen MR) is 428 cm³/mol. The Morgan fingerprint density at radius 2 is 1.04 bits per heavy atom. The number of carbonyl (C=O) groups is 4. The number of nitrogens with zero attached hydrogens (tertiary/aromatic N) is 7. The Morgan fingerprint density at radius 3 is 1.53 bits per heavy atom. The Hall–Kier alpha value is -11.1. The van der Waals surface area contributed by atoms with Crippen molar-refractivity contribution in [3.05, 3.63) is 296 Å². The van der Waals surface area contributed by atoms with Gasteiger partial charge >= 0.3 is 5.97 Å². The number of aryl methyl sites for hydroxylation is 2. The summed E-state index contributed by atoms with van der Waals surface area (Å²) in [5, 5.41) is 26.2. The Labute approximate surface area is 641 Å². The molecule has 0 fully saturated rings. The number of aromatic hydroxyl groups is 1. The molecule has 0 bridgehead atoms. The van der Waals surface area contributed by atoms with Gasteiger partial charge in [-0.2, -0.15) is 8.42 Å². The molecule has 3 spiro atoms. The van der Waals surface area contributed by atoms with Crippen LogP contribution >= 0.6 is 11.6 Å². The molecule has 20 nitrogen and oxygen atoms in total. The first-order valence-electron chi connectivity index (χ1n) is 36.1. The van der Waals surface area contributed by atoms with Crippen molar-refractivity contribution >= 4 is 85.3 Å². The molecule has 3 amide bonds. The zero-order valence-corrected chi connectivity index (χ0v) is 64.5. The number of nitrogens with two attached hydrogens (primary N) is 1. The van der Waals surface area contributed by atoms with Crippen molar-refractivity contribution in [2.75, 3.05) is 39.5 Å². The smallest absolute Gasteiger partial charge is 0.344 e. The maximum Gasteiger partial charge on any atom is 0.344 e. The number of amides is 3. The molecule has 6 aliphatic rings. The van der Waals surface area contributed by atoms with E-state index in [2.05, 4.69) is 173 Å². The van der Waals surface area contributed by atoms with Gasteiger partial charge in [0.15, 0.2) is 0 Å². The summed E-state index contributed by atoms with van der Waals surface area (Å²) in [5.41, 5.74) is 24.0. The number of halogens is 1. The number of anilines is 5. The van der Waals surface area contributed by atoms with Crippen LogP contribution in [0.2, 0.25) is 0 Å². The number of nitrogens with one attached hydrogen (secondary N) is 2. The maximum absolute atomic E-state index is 13.5. The third kappa shape index (κ3) is 16.1. The minimum absolute atomic E-state index is 0.0136. The number of hydrogen-bond donors (Lipinski definition) is 6. The van der Waals surface area contributed by atoms with Crippen molar-refractivity contribution in [3.63, 3.8) is 0 Å². The Bertz CT molecular complexity index is 5220. The highest BCUT2D eigenvalue weighted by molar-refractivity contribution is 7.85. The number of aliphatic hydroxyl groups is 1. The Morgan fingerprint density at radius 1 is 0.578 bits per heavy atom. The summed E-state index contributed by atoms with van der Waals surface area (Å²) in [6.07, 6.45) is 12.1. The van der Waals surface area contributed by atoms with Crippen molar-refractivity contribution in [1.82, 2.24) is 24.5 Å². The number of esters is 1. The standard InChI is InChI=1S/C22H22ClNO.C20H22N2O.C16H14N2O.C15H13N3O.C13H16N2O3.CH4O3S/c23-14-21-13-22(12-11-20(21)17-25)24(15-18-7-3-1-4-8-18)16-19-9-5-2-6-10-19;1-13-7-8-14-11-20(12-15(14)10-13)16-6-5-9-21-17(16)22(18(20)23)19(2,3)4;1-10-4-5-11-8-16(9-12(11)7-10)13-3-2-6-17-14(13)18-15(16)19;16-11-4-3-9-7-15(8-10(9)6-11)12-2-1-5-17-13(12)18-14(15)19;1-13(2,3)15-10-8(6-5-7-14-10)9(11(15)16)12(17)18-4;1-5(2,3)4/h1-13,25H,14-17H2;5-10H,11-12H2,1-4H3;2-7H,8-9H2,1H3,(H,17,18,19);1-6H,7-8,16H2,(H,17,18,19);5-7,16H,1-4H3;1H3,(H,2,3,4)/t;20-;16-;15-;;/m.111../s1. The summed E-state index contributed by atoms with van der Waals surface area (Å²) in [7, 11) is -2.38. The van der Waals surface area contributed by atoms with Gasteiger partial charge in [0.1, 0.15) is 28.7 Å². The molecule has 7 N–H and O–H groups in total. The average molecular weight is 1500 g/mol. The van der Waals surface area contributed by atoms with Gasteiger partial charge < -0.3 is 36.2 Å². The number of alkyl halides is 1. The van der Waals surface area contributed by atoms with Crippen LogP contribution in [-0.2, 0) is 115 Å². The summed E-state index contributed by atoms with van der Waals surface area (Å²) < 4.78 is 32.2. The molecule has 0 unspecified atom stereocenters. The highest BCUT2D eigenvalue weighted by Crippen LogP contribution is 2.52. The van der Waals surface area contributed by atoms with Crippen molar-refractivity contribution in [3.8, 4) is 5.88 Å². The van der Waals surface area contributed by atoms with Crippen molar-refractivity contribution in [1.29, 1.82) is 0 Å². The van der Waals surface area contributed by atoms with E-state index in [-0.39, 0.29) is 46.8 Å². The summed E-state index contributed by atoms with van der Waals surface area (Å²) in [5.74, 6) is 2.35. The SMILES string of the molecule is COC(=O)c1c(O)n(C(C)(C)C)c2ncccc12.CS(=O)(=O)O.Cc1ccc2c(c1)C[C@@]1(C2)C(=O)N(C(C)(C)C)c2ncccc21.Cc1ccc2c(c1)C[C@@]1(C2)C(=O)Nc2ncccc21.Nc1ccc2c(c1)C[C@@]1(C2)C(=O)Nc2ncccc21.OCc1ccc(N(Cc2ccccc2)Cc2ccccc2)cc1CCl. The molecule has 17 rings (SSSR count). The van der Waals surface area contributed by atoms with Crippen LogP contribution in [0.5, 0.6) is 5.88 Å². The van der Waals surface area contributed by atoms with Crippen LogP contribution in [0.15, 0.2) is 207 Å². The van der Waals surface area contributed by atoms with E-state index in [9.17, 15) is 37.8 Å². The van der Waals surface area contributed by atoms with E-state index >= 15 is 0 Å². The molecule has 109 heavy (non-hydrogen) atoms. The molecular weight excluding hydrogens is 1410 g/mol. The van der Waals surface area contributed by atoms with Crippen LogP contribution in [0.3, 0.4) is 0 Å². The number of aromatic nitrogens is 5. The van der Waals surface area contributed by atoms with Gasteiger partial charge in [-0.3, -0.25) is 28.4 Å². The van der Waals surface area contributed by atoms with Crippen molar-refractivity contribution in [2.45, 2.75) is 147 Å². The first-order chi connectivity index (χ1) is 51.9. The number of fused-ring (bicyclic) bond motifs is 10. The fourth-order valence-corrected chi connectivity index (χ4v) is 16.0. The lowest BCUT2D eigenvalue weighted by atomic mass is 9.79. The first kappa shape index (κ1) is 77.5. The van der Waals surface area contributed by atoms with Crippen molar-refractivity contribution in [2.24, 2.45) is 0 Å². The number of benzene rings is 6. The van der Waals surface area contributed by atoms with Crippen LogP contribution in [0.1, 0.15) is 135 Å². The van der Waals surface area contributed by atoms with Gasteiger partial charge in [0.05, 0.1) is 36.2 Å². The Balaban J connectivity index is 0.000000126. The molecule has 3 aliphatic heterocycles. The normalized spacial score (nSPS) is 17.8. The maximum atomic E-state index is 13.5. The highest BCUT2D eigenvalue weighted by Gasteiger charge is 2.57. The fraction of sp³-hybridized carbons (Fsp3) is 0.287. The number of methoxy groups -OCH3 is 1.